The predicted octanol–water partition coefficient (Wildman–Crippen LogP) is 9.81. The molecule has 2 aliphatic heterocycles. The van der Waals surface area contributed by atoms with E-state index in [0.717, 1.165) is 63.7 Å². The van der Waals surface area contributed by atoms with E-state index in [-0.39, 0.29) is 5.97 Å². The number of anilines is 4. The summed E-state index contributed by atoms with van der Waals surface area (Å²) in [4.78, 5) is 18.2. The summed E-state index contributed by atoms with van der Waals surface area (Å²) in [5.74, 6) is 1.52. The number of esters is 1. The van der Waals surface area contributed by atoms with Gasteiger partial charge in [0.1, 0.15) is 17.2 Å². The van der Waals surface area contributed by atoms with E-state index in [1.165, 1.54) is 11.1 Å². The molecule has 5 aromatic carbocycles. The van der Waals surface area contributed by atoms with Gasteiger partial charge in [0.2, 0.25) is 0 Å². The van der Waals surface area contributed by atoms with Crippen LogP contribution in [0, 0.1) is 27.7 Å². The summed E-state index contributed by atoms with van der Waals surface area (Å²) < 4.78 is 19.5. The van der Waals surface area contributed by atoms with E-state index in [1.54, 1.807) is 7.11 Å². The number of carbonyl (C=O) groups is 1. The summed E-state index contributed by atoms with van der Waals surface area (Å²) in [5.41, 5.74) is 10.3. The van der Waals surface area contributed by atoms with Gasteiger partial charge >= 0.3 is 5.97 Å². The number of carbonyl (C=O) groups excluding carboxylic acids is 1. The Morgan fingerprint density at radius 1 is 0.681 bits per heavy atom. The standard InChI is InChI=1S/C41H40N2O4/c1-8-42(9-2)29-20-21-32-37(22-29)46-38-24-39(45-7)36(23-33(38)41(32)31-17-11-10-16-30(31)40(44)47-41)43(34-18-12-14-25(3)27(34)5)35-19-13-15-26(4)28(35)6/h10-24H,8-9H2,1-7H3. The molecule has 0 radical (unpaired) electrons. The van der Waals surface area contributed by atoms with E-state index in [9.17, 15) is 4.79 Å². The fourth-order valence-corrected chi connectivity index (χ4v) is 7.15. The number of nitrogens with zero attached hydrogens (tertiary/aromatic N) is 2. The summed E-state index contributed by atoms with van der Waals surface area (Å²) in [6.07, 6.45) is 0. The average Bonchev–Trinajstić information content (AvgIpc) is 3.37. The van der Waals surface area contributed by atoms with Gasteiger partial charge in [-0.15, -0.1) is 0 Å². The molecule has 2 aliphatic rings. The van der Waals surface area contributed by atoms with Crippen molar-refractivity contribution in [2.45, 2.75) is 47.1 Å². The van der Waals surface area contributed by atoms with Crippen molar-refractivity contribution in [3.05, 3.63) is 136 Å². The molecular formula is C41H40N2O4. The van der Waals surface area contributed by atoms with Crippen LogP contribution in [0.3, 0.4) is 0 Å². The summed E-state index contributed by atoms with van der Waals surface area (Å²) in [6, 6.07) is 30.6. The zero-order valence-corrected chi connectivity index (χ0v) is 28.1. The Morgan fingerprint density at radius 2 is 1.32 bits per heavy atom. The van der Waals surface area contributed by atoms with Crippen LogP contribution in [0.2, 0.25) is 0 Å². The Labute approximate surface area is 277 Å². The molecular weight excluding hydrogens is 584 g/mol. The molecule has 0 N–H and O–H groups in total. The van der Waals surface area contributed by atoms with Crippen molar-refractivity contribution in [1.82, 2.24) is 0 Å². The second-order valence-electron chi connectivity index (χ2n) is 12.4. The fourth-order valence-electron chi connectivity index (χ4n) is 7.15. The number of methoxy groups -OCH3 is 1. The smallest absolute Gasteiger partial charge is 0.340 e. The van der Waals surface area contributed by atoms with E-state index >= 15 is 0 Å². The highest BCUT2D eigenvalue weighted by atomic mass is 16.6. The number of fused-ring (bicyclic) bond motifs is 6. The molecule has 1 spiro atoms. The lowest BCUT2D eigenvalue weighted by atomic mass is 9.77. The van der Waals surface area contributed by atoms with Crippen LogP contribution in [0.15, 0.2) is 91.0 Å². The van der Waals surface area contributed by atoms with E-state index < -0.39 is 5.60 Å². The van der Waals surface area contributed by atoms with Gasteiger partial charge in [0.05, 0.1) is 18.4 Å². The van der Waals surface area contributed by atoms with Crippen LogP contribution in [0.5, 0.6) is 17.2 Å². The lowest BCUT2D eigenvalue weighted by molar-refractivity contribution is 0.0224. The minimum absolute atomic E-state index is 0.356. The second kappa shape index (κ2) is 11.5. The van der Waals surface area contributed by atoms with Gasteiger partial charge in [-0.25, -0.2) is 4.79 Å². The van der Waals surface area contributed by atoms with Gasteiger partial charge in [-0.1, -0.05) is 42.5 Å². The molecule has 7 rings (SSSR count). The average molecular weight is 625 g/mol. The molecule has 0 bridgehead atoms. The third-order valence-electron chi connectivity index (χ3n) is 10.0. The number of hydrogen-bond donors (Lipinski definition) is 0. The summed E-state index contributed by atoms with van der Waals surface area (Å²) in [6.45, 7) is 14.6. The Bertz CT molecular complexity index is 1990. The molecule has 0 aromatic heterocycles. The quantitative estimate of drug-likeness (QED) is 0.168. The maximum Gasteiger partial charge on any atom is 0.340 e. The highest BCUT2D eigenvalue weighted by molar-refractivity contribution is 5.97. The van der Waals surface area contributed by atoms with Gasteiger partial charge in [-0.3, -0.25) is 0 Å². The maximum absolute atomic E-state index is 13.7. The summed E-state index contributed by atoms with van der Waals surface area (Å²) in [5, 5.41) is 0. The SMILES string of the molecule is CCN(CC)c1ccc2c(c1)Oc1cc(OC)c(N(c3cccc(C)c3C)c3cccc(C)c3C)cc1C21OC(=O)c2ccccc21. The molecule has 5 aromatic rings. The summed E-state index contributed by atoms with van der Waals surface area (Å²) in [7, 11) is 1.69. The highest BCUT2D eigenvalue weighted by Crippen LogP contribution is 2.59. The van der Waals surface area contributed by atoms with Crippen molar-refractivity contribution < 1.29 is 19.0 Å². The molecule has 47 heavy (non-hydrogen) atoms. The van der Waals surface area contributed by atoms with Crippen LogP contribution < -0.4 is 19.3 Å². The molecule has 1 atom stereocenters. The van der Waals surface area contributed by atoms with Crippen LogP contribution in [0.25, 0.3) is 0 Å². The number of ether oxygens (including phenoxy) is 3. The first-order chi connectivity index (χ1) is 22.7. The number of rotatable bonds is 7. The third-order valence-corrected chi connectivity index (χ3v) is 10.0. The first-order valence-electron chi connectivity index (χ1n) is 16.3. The van der Waals surface area contributed by atoms with Gasteiger partial charge in [0.25, 0.3) is 0 Å². The van der Waals surface area contributed by atoms with E-state index in [0.29, 0.717) is 22.8 Å². The fraction of sp³-hybridized carbons (Fsp3) is 0.244. The van der Waals surface area contributed by atoms with Gasteiger partial charge in [-0.05, 0) is 100 Å². The van der Waals surface area contributed by atoms with Crippen LogP contribution in [-0.2, 0) is 10.3 Å². The molecule has 238 valence electrons. The molecule has 2 heterocycles. The Balaban J connectivity index is 1.55. The predicted molar refractivity (Wildman–Crippen MR) is 188 cm³/mol. The van der Waals surface area contributed by atoms with Gasteiger partial charge < -0.3 is 24.0 Å². The third kappa shape index (κ3) is 4.57. The Morgan fingerprint density at radius 3 is 1.96 bits per heavy atom. The lowest BCUT2D eigenvalue weighted by Gasteiger charge is -2.39. The second-order valence-corrected chi connectivity index (χ2v) is 12.4. The summed E-state index contributed by atoms with van der Waals surface area (Å²) >= 11 is 0. The maximum atomic E-state index is 13.7. The monoisotopic (exact) mass is 624 g/mol. The highest BCUT2D eigenvalue weighted by Gasteiger charge is 2.54. The normalized spacial score (nSPS) is 15.8. The van der Waals surface area contributed by atoms with E-state index in [2.05, 4.69) is 112 Å². The topological polar surface area (TPSA) is 51.2 Å². The molecule has 0 aliphatic carbocycles. The number of benzene rings is 5. The molecule has 0 saturated carbocycles. The number of hydrogen-bond acceptors (Lipinski definition) is 6. The van der Waals surface area contributed by atoms with Gasteiger partial charge in [-0.2, -0.15) is 0 Å². The lowest BCUT2D eigenvalue weighted by Crippen LogP contribution is -2.33. The minimum atomic E-state index is -1.21. The van der Waals surface area contributed by atoms with Crippen LogP contribution in [0.1, 0.15) is 63.1 Å². The van der Waals surface area contributed by atoms with Gasteiger partial charge in [0, 0.05) is 59.0 Å². The van der Waals surface area contributed by atoms with E-state index in [4.69, 9.17) is 14.2 Å². The number of aryl methyl sites for hydroxylation is 2. The van der Waals surface area contributed by atoms with Crippen LogP contribution in [-0.4, -0.2) is 26.2 Å². The Hall–Kier alpha value is -5.23. The Kier molecular flexibility index (Phi) is 7.47. The molecule has 0 fully saturated rings. The van der Waals surface area contributed by atoms with Crippen molar-refractivity contribution >= 4 is 28.7 Å². The molecule has 1 unspecified atom stereocenters. The van der Waals surface area contributed by atoms with Crippen molar-refractivity contribution in [3.8, 4) is 17.2 Å². The molecule has 6 heteroatoms. The van der Waals surface area contributed by atoms with Crippen molar-refractivity contribution in [2.75, 3.05) is 30.0 Å². The zero-order chi connectivity index (χ0) is 33.0. The van der Waals surface area contributed by atoms with Crippen molar-refractivity contribution in [3.63, 3.8) is 0 Å². The van der Waals surface area contributed by atoms with Gasteiger partial charge in [0.15, 0.2) is 5.60 Å². The first-order valence-corrected chi connectivity index (χ1v) is 16.3. The van der Waals surface area contributed by atoms with Crippen molar-refractivity contribution in [2.24, 2.45) is 0 Å². The van der Waals surface area contributed by atoms with Crippen LogP contribution in [0.4, 0.5) is 22.7 Å². The molecule has 0 amide bonds. The van der Waals surface area contributed by atoms with E-state index in [1.807, 2.05) is 30.3 Å². The minimum Gasteiger partial charge on any atom is -0.494 e. The molecule has 6 nitrogen and oxygen atoms in total. The first kappa shape index (κ1) is 30.4. The zero-order valence-electron chi connectivity index (χ0n) is 28.1. The largest absolute Gasteiger partial charge is 0.494 e. The van der Waals surface area contributed by atoms with Crippen LogP contribution >= 0.6 is 0 Å². The molecule has 0 saturated heterocycles. The van der Waals surface area contributed by atoms with Crippen molar-refractivity contribution in [1.29, 1.82) is 0 Å².